The van der Waals surface area contributed by atoms with E-state index in [1.54, 1.807) is 11.8 Å². The summed E-state index contributed by atoms with van der Waals surface area (Å²) in [4.78, 5) is 8.57. The van der Waals surface area contributed by atoms with E-state index >= 15 is 0 Å². The van der Waals surface area contributed by atoms with Gasteiger partial charge in [0.15, 0.2) is 5.16 Å². The first-order valence-corrected chi connectivity index (χ1v) is 7.37. The van der Waals surface area contributed by atoms with Crippen molar-refractivity contribution >= 4 is 11.8 Å². The molecule has 1 heterocycles. The molecule has 1 aromatic heterocycles. The van der Waals surface area contributed by atoms with Crippen molar-refractivity contribution in [1.29, 1.82) is 5.26 Å². The Kier molecular flexibility index (Phi) is 5.77. The maximum absolute atomic E-state index is 9.33. The Hall–Kier alpha value is -1.12. The van der Waals surface area contributed by atoms with Gasteiger partial charge in [-0.25, -0.2) is 9.97 Å². The second-order valence-corrected chi connectivity index (χ2v) is 6.82. The van der Waals surface area contributed by atoms with Crippen LogP contribution in [0.2, 0.25) is 0 Å². The summed E-state index contributed by atoms with van der Waals surface area (Å²) in [6.07, 6.45) is 4.39. The van der Waals surface area contributed by atoms with Gasteiger partial charge in [-0.15, -0.1) is 0 Å². The van der Waals surface area contributed by atoms with E-state index in [1.807, 2.05) is 26.2 Å². The third-order valence-electron chi connectivity index (χ3n) is 2.61. The van der Waals surface area contributed by atoms with E-state index in [0.29, 0.717) is 0 Å². The molecule has 2 atom stereocenters. The molecule has 0 bridgehead atoms. The molecule has 0 aliphatic heterocycles. The molecule has 0 radical (unpaired) electrons. The van der Waals surface area contributed by atoms with Crippen molar-refractivity contribution in [3.63, 3.8) is 0 Å². The Morgan fingerprint density at radius 3 is 2.42 bits per heavy atom. The highest BCUT2D eigenvalue weighted by molar-refractivity contribution is 7.99. The molecule has 0 fully saturated rings. The SMILES string of the molecule is Cc1cnc(SC(C)CC(C)(C#N)NC(C)C)nc1. The quantitative estimate of drug-likeness (QED) is 0.640. The monoisotopic (exact) mass is 278 g/mol. The Morgan fingerprint density at radius 1 is 1.37 bits per heavy atom. The highest BCUT2D eigenvalue weighted by Crippen LogP contribution is 2.26. The number of rotatable bonds is 6. The van der Waals surface area contributed by atoms with Crippen molar-refractivity contribution in [2.24, 2.45) is 0 Å². The van der Waals surface area contributed by atoms with Crippen LogP contribution in [0, 0.1) is 18.3 Å². The lowest BCUT2D eigenvalue weighted by atomic mass is 9.97. The molecule has 104 valence electrons. The van der Waals surface area contributed by atoms with Gasteiger partial charge < -0.3 is 0 Å². The number of aryl methyl sites for hydroxylation is 1. The molecule has 0 aromatic carbocycles. The summed E-state index contributed by atoms with van der Waals surface area (Å²) in [5.41, 5.74) is 0.547. The Morgan fingerprint density at radius 2 is 1.95 bits per heavy atom. The third-order valence-corrected chi connectivity index (χ3v) is 3.60. The summed E-state index contributed by atoms with van der Waals surface area (Å²) in [6.45, 7) is 10.1. The van der Waals surface area contributed by atoms with Crippen molar-refractivity contribution in [2.75, 3.05) is 0 Å². The van der Waals surface area contributed by atoms with E-state index in [0.717, 1.165) is 17.1 Å². The summed E-state index contributed by atoms with van der Waals surface area (Å²) >= 11 is 1.61. The lowest BCUT2D eigenvalue weighted by Crippen LogP contribution is -2.46. The zero-order valence-electron chi connectivity index (χ0n) is 12.3. The van der Waals surface area contributed by atoms with Crippen LogP contribution in [0.1, 0.15) is 39.7 Å². The molecule has 5 heteroatoms. The second-order valence-electron chi connectivity index (χ2n) is 5.42. The summed E-state index contributed by atoms with van der Waals surface area (Å²) in [5, 5.41) is 13.7. The van der Waals surface area contributed by atoms with Crippen LogP contribution in [0.15, 0.2) is 17.6 Å². The maximum atomic E-state index is 9.33. The number of hydrogen-bond acceptors (Lipinski definition) is 5. The van der Waals surface area contributed by atoms with E-state index in [4.69, 9.17) is 0 Å². The van der Waals surface area contributed by atoms with Crippen molar-refractivity contribution in [3.05, 3.63) is 18.0 Å². The van der Waals surface area contributed by atoms with Crippen molar-refractivity contribution < 1.29 is 0 Å². The van der Waals surface area contributed by atoms with Gasteiger partial charge in [-0.05, 0) is 39.7 Å². The van der Waals surface area contributed by atoms with Gasteiger partial charge in [0.2, 0.25) is 0 Å². The molecule has 4 nitrogen and oxygen atoms in total. The standard InChI is InChI=1S/C14H22N4S/c1-10(2)18-14(5,9-15)6-12(4)19-13-16-7-11(3)8-17-13/h7-8,10,12,18H,6H2,1-5H3. The molecule has 2 unspecified atom stereocenters. The predicted molar refractivity (Wildman–Crippen MR) is 79.0 cm³/mol. The van der Waals surface area contributed by atoms with Crippen LogP contribution in [0.3, 0.4) is 0 Å². The minimum atomic E-state index is -0.509. The topological polar surface area (TPSA) is 61.6 Å². The van der Waals surface area contributed by atoms with Gasteiger partial charge in [0.25, 0.3) is 0 Å². The van der Waals surface area contributed by atoms with Crippen molar-refractivity contribution in [1.82, 2.24) is 15.3 Å². The van der Waals surface area contributed by atoms with Crippen LogP contribution in [0.5, 0.6) is 0 Å². The number of nitrogens with zero attached hydrogens (tertiary/aromatic N) is 3. The highest BCUT2D eigenvalue weighted by atomic mass is 32.2. The number of thioether (sulfide) groups is 1. The van der Waals surface area contributed by atoms with Crippen LogP contribution in [-0.2, 0) is 0 Å². The van der Waals surface area contributed by atoms with Crippen molar-refractivity contribution in [2.45, 2.75) is 63.0 Å². The van der Waals surface area contributed by atoms with Gasteiger partial charge in [-0.2, -0.15) is 5.26 Å². The predicted octanol–water partition coefficient (Wildman–Crippen LogP) is 2.94. The maximum Gasteiger partial charge on any atom is 0.187 e. The minimum Gasteiger partial charge on any atom is -0.297 e. The van der Waals surface area contributed by atoms with Crippen LogP contribution >= 0.6 is 11.8 Å². The summed E-state index contributed by atoms with van der Waals surface area (Å²) < 4.78 is 0. The fraction of sp³-hybridized carbons (Fsp3) is 0.643. The summed E-state index contributed by atoms with van der Waals surface area (Å²) in [5.74, 6) is 0. The van der Waals surface area contributed by atoms with Crippen LogP contribution < -0.4 is 5.32 Å². The fourth-order valence-corrected chi connectivity index (χ4v) is 3.02. The molecular formula is C14H22N4S. The molecule has 0 aliphatic rings. The van der Waals surface area contributed by atoms with Gasteiger partial charge in [0.1, 0.15) is 5.54 Å². The van der Waals surface area contributed by atoms with Gasteiger partial charge in [-0.1, -0.05) is 18.7 Å². The Bertz CT molecular complexity index is 438. The number of aromatic nitrogens is 2. The molecule has 1 rings (SSSR count). The van der Waals surface area contributed by atoms with Crippen LogP contribution in [0.25, 0.3) is 0 Å². The van der Waals surface area contributed by atoms with Gasteiger partial charge >= 0.3 is 0 Å². The smallest absolute Gasteiger partial charge is 0.187 e. The van der Waals surface area contributed by atoms with Gasteiger partial charge in [0.05, 0.1) is 6.07 Å². The minimum absolute atomic E-state index is 0.276. The number of nitrogens with one attached hydrogen (secondary N) is 1. The Labute approximate surface area is 120 Å². The van der Waals surface area contributed by atoms with E-state index < -0.39 is 5.54 Å². The van der Waals surface area contributed by atoms with Crippen molar-refractivity contribution in [3.8, 4) is 6.07 Å². The lowest BCUT2D eigenvalue weighted by Gasteiger charge is -2.28. The molecular weight excluding hydrogens is 256 g/mol. The molecule has 0 saturated heterocycles. The zero-order chi connectivity index (χ0) is 14.5. The molecule has 0 amide bonds. The average molecular weight is 278 g/mol. The highest BCUT2D eigenvalue weighted by Gasteiger charge is 2.27. The van der Waals surface area contributed by atoms with E-state index in [2.05, 4.69) is 42.1 Å². The molecule has 19 heavy (non-hydrogen) atoms. The van der Waals surface area contributed by atoms with Crippen LogP contribution in [-0.4, -0.2) is 26.8 Å². The lowest BCUT2D eigenvalue weighted by molar-refractivity contribution is 0.382. The second kappa shape index (κ2) is 6.88. The van der Waals surface area contributed by atoms with E-state index in [1.165, 1.54) is 0 Å². The summed E-state index contributed by atoms with van der Waals surface area (Å²) in [6, 6.07) is 2.66. The zero-order valence-corrected chi connectivity index (χ0v) is 13.1. The fourth-order valence-electron chi connectivity index (χ4n) is 2.01. The first-order chi connectivity index (χ1) is 8.84. The van der Waals surface area contributed by atoms with E-state index in [9.17, 15) is 5.26 Å². The van der Waals surface area contributed by atoms with Gasteiger partial charge in [0, 0.05) is 23.7 Å². The van der Waals surface area contributed by atoms with E-state index in [-0.39, 0.29) is 11.3 Å². The third kappa shape index (κ3) is 5.58. The molecule has 1 aromatic rings. The number of hydrogen-bond donors (Lipinski definition) is 1. The Balaban J connectivity index is 2.61. The molecule has 0 saturated carbocycles. The molecule has 1 N–H and O–H groups in total. The summed E-state index contributed by atoms with van der Waals surface area (Å²) in [7, 11) is 0. The van der Waals surface area contributed by atoms with Gasteiger partial charge in [-0.3, -0.25) is 5.32 Å². The first kappa shape index (κ1) is 15.9. The largest absolute Gasteiger partial charge is 0.297 e. The van der Waals surface area contributed by atoms with Crippen LogP contribution in [0.4, 0.5) is 0 Å². The normalized spacial score (nSPS) is 15.8. The molecule has 0 spiro atoms. The number of nitriles is 1. The average Bonchev–Trinajstić information content (AvgIpc) is 2.31. The molecule has 0 aliphatic carbocycles. The first-order valence-electron chi connectivity index (χ1n) is 6.49.